The number of hydrogen-bond donors (Lipinski definition) is 1. The number of hydrogen-bond acceptors (Lipinski definition) is 3. The fraction of sp³-hybridized carbons (Fsp3) is 0.0588. The summed E-state index contributed by atoms with van der Waals surface area (Å²) in [6, 6.07) is 15.1. The van der Waals surface area contributed by atoms with Gasteiger partial charge < -0.3 is 5.32 Å². The van der Waals surface area contributed by atoms with Gasteiger partial charge in [0.25, 0.3) is 5.91 Å². The lowest BCUT2D eigenvalue weighted by Gasteiger charge is -1.99. The van der Waals surface area contributed by atoms with Gasteiger partial charge in [0.1, 0.15) is 0 Å². The second kappa shape index (κ2) is 6.38. The predicted octanol–water partition coefficient (Wildman–Crippen LogP) is 4.54. The molecule has 3 rings (SSSR count). The molecule has 3 nitrogen and oxygen atoms in total. The summed E-state index contributed by atoms with van der Waals surface area (Å²) >= 11 is 7.19. The molecule has 1 saturated heterocycles. The third-order valence-corrected chi connectivity index (χ3v) is 4.35. The van der Waals surface area contributed by atoms with Crippen molar-refractivity contribution >= 4 is 46.2 Å². The van der Waals surface area contributed by atoms with Gasteiger partial charge in [0.2, 0.25) is 0 Å². The van der Waals surface area contributed by atoms with Gasteiger partial charge in [-0.2, -0.15) is 0 Å². The van der Waals surface area contributed by atoms with Gasteiger partial charge in [-0.05, 0) is 60.2 Å². The summed E-state index contributed by atoms with van der Waals surface area (Å²) in [5.74, 6) is -0.124. The van der Waals surface area contributed by atoms with Crippen molar-refractivity contribution < 1.29 is 4.79 Å². The number of nitrogens with one attached hydrogen (secondary N) is 1. The van der Waals surface area contributed by atoms with Crippen LogP contribution in [0.15, 0.2) is 58.4 Å². The first-order chi connectivity index (χ1) is 10.6. The Labute approximate surface area is 138 Å². The minimum atomic E-state index is -0.124. The number of rotatable bonds is 2. The Kier molecular flexibility index (Phi) is 4.32. The first kappa shape index (κ1) is 14.9. The molecule has 0 saturated carbocycles. The van der Waals surface area contributed by atoms with Crippen LogP contribution < -0.4 is 5.32 Å². The molecule has 0 unspecified atom stereocenters. The third kappa shape index (κ3) is 3.40. The van der Waals surface area contributed by atoms with Crippen LogP contribution in [-0.4, -0.2) is 11.1 Å². The molecule has 0 radical (unpaired) electrons. The smallest absolute Gasteiger partial charge is 0.264 e. The second-order valence-electron chi connectivity index (χ2n) is 4.81. The molecular weight excluding hydrogens is 316 g/mol. The lowest BCUT2D eigenvalue weighted by atomic mass is 10.1. The van der Waals surface area contributed by atoms with Crippen LogP contribution >= 0.6 is 23.4 Å². The van der Waals surface area contributed by atoms with E-state index in [0.717, 1.165) is 16.8 Å². The topological polar surface area (TPSA) is 41.5 Å². The van der Waals surface area contributed by atoms with Crippen molar-refractivity contribution in [2.45, 2.75) is 6.92 Å². The summed E-state index contributed by atoms with van der Waals surface area (Å²) in [7, 11) is 0. The van der Waals surface area contributed by atoms with Gasteiger partial charge in [0.05, 0.1) is 10.6 Å². The molecule has 1 fully saturated rings. The minimum absolute atomic E-state index is 0.124. The molecule has 0 atom stereocenters. The van der Waals surface area contributed by atoms with Gasteiger partial charge in [-0.3, -0.25) is 4.79 Å². The number of nitrogens with zero attached hydrogens (tertiary/aromatic N) is 1. The molecule has 1 amide bonds. The standard InChI is InChI=1S/C17H13ClN2OS/c1-11-4-2-3-5-12(11)10-15-16(21)20-17(22-15)19-14-8-6-13(18)7-9-14/h2-10H,1H3,(H,19,20,21)/b15-10+. The Morgan fingerprint density at radius 2 is 1.86 bits per heavy atom. The van der Waals surface area contributed by atoms with E-state index in [-0.39, 0.29) is 5.91 Å². The van der Waals surface area contributed by atoms with Crippen LogP contribution in [0.4, 0.5) is 5.69 Å². The molecule has 22 heavy (non-hydrogen) atoms. The van der Waals surface area contributed by atoms with Crippen LogP contribution in [0, 0.1) is 6.92 Å². The van der Waals surface area contributed by atoms with Crippen molar-refractivity contribution in [1.82, 2.24) is 5.32 Å². The zero-order valence-corrected chi connectivity index (χ0v) is 13.4. The van der Waals surface area contributed by atoms with E-state index in [0.29, 0.717) is 15.1 Å². The summed E-state index contributed by atoms with van der Waals surface area (Å²) in [5, 5.41) is 4.02. The van der Waals surface area contributed by atoms with Crippen LogP contribution in [0.1, 0.15) is 11.1 Å². The molecule has 1 heterocycles. The summed E-state index contributed by atoms with van der Waals surface area (Å²) in [6.07, 6.45) is 1.89. The van der Waals surface area contributed by atoms with Crippen molar-refractivity contribution in [3.05, 3.63) is 69.6 Å². The number of benzene rings is 2. The summed E-state index contributed by atoms with van der Waals surface area (Å²) in [4.78, 5) is 17.1. The highest BCUT2D eigenvalue weighted by Gasteiger charge is 2.23. The van der Waals surface area contributed by atoms with E-state index >= 15 is 0 Å². The van der Waals surface area contributed by atoms with E-state index in [9.17, 15) is 4.79 Å². The molecule has 0 spiro atoms. The molecule has 2 aromatic carbocycles. The fourth-order valence-corrected chi connectivity index (χ4v) is 2.96. The largest absolute Gasteiger partial charge is 0.300 e. The van der Waals surface area contributed by atoms with E-state index in [1.165, 1.54) is 11.8 Å². The monoisotopic (exact) mass is 328 g/mol. The molecule has 1 aliphatic heterocycles. The van der Waals surface area contributed by atoms with Crippen LogP contribution in [0.3, 0.4) is 0 Å². The predicted molar refractivity (Wildman–Crippen MR) is 93.4 cm³/mol. The minimum Gasteiger partial charge on any atom is -0.300 e. The molecule has 0 bridgehead atoms. The second-order valence-corrected chi connectivity index (χ2v) is 6.28. The molecule has 0 aromatic heterocycles. The maximum Gasteiger partial charge on any atom is 0.264 e. The molecular formula is C17H13ClN2OS. The number of aliphatic imine (C=N–C) groups is 1. The zero-order chi connectivity index (χ0) is 15.5. The lowest BCUT2D eigenvalue weighted by molar-refractivity contribution is -0.115. The number of aryl methyl sites for hydroxylation is 1. The molecule has 0 aliphatic carbocycles. The van der Waals surface area contributed by atoms with Gasteiger partial charge >= 0.3 is 0 Å². The lowest BCUT2D eigenvalue weighted by Crippen LogP contribution is -2.19. The summed E-state index contributed by atoms with van der Waals surface area (Å²) in [6.45, 7) is 2.02. The highest BCUT2D eigenvalue weighted by Crippen LogP contribution is 2.28. The first-order valence-corrected chi connectivity index (χ1v) is 7.92. The quantitative estimate of drug-likeness (QED) is 0.822. The average molecular weight is 329 g/mol. The van der Waals surface area contributed by atoms with Crippen molar-refractivity contribution in [3.63, 3.8) is 0 Å². The number of carbonyl (C=O) groups is 1. The van der Waals surface area contributed by atoms with E-state index in [1.54, 1.807) is 12.1 Å². The molecule has 5 heteroatoms. The Hall–Kier alpha value is -2.04. The van der Waals surface area contributed by atoms with E-state index < -0.39 is 0 Å². The number of amidine groups is 1. The molecule has 110 valence electrons. The van der Waals surface area contributed by atoms with Gasteiger partial charge in [0.15, 0.2) is 5.17 Å². The van der Waals surface area contributed by atoms with Crippen molar-refractivity contribution in [2.75, 3.05) is 0 Å². The third-order valence-electron chi connectivity index (χ3n) is 3.18. The van der Waals surface area contributed by atoms with Gasteiger partial charge in [0, 0.05) is 5.02 Å². The molecule has 1 N–H and O–H groups in total. The Bertz CT molecular complexity index is 782. The van der Waals surface area contributed by atoms with Crippen molar-refractivity contribution in [2.24, 2.45) is 4.99 Å². The van der Waals surface area contributed by atoms with Crippen LogP contribution in [0.5, 0.6) is 0 Å². The Morgan fingerprint density at radius 3 is 2.59 bits per heavy atom. The molecule has 1 aliphatic rings. The van der Waals surface area contributed by atoms with Gasteiger partial charge in [-0.1, -0.05) is 35.9 Å². The Morgan fingerprint density at radius 1 is 1.14 bits per heavy atom. The Balaban J connectivity index is 1.84. The highest BCUT2D eigenvalue weighted by atomic mass is 35.5. The number of amides is 1. The average Bonchev–Trinajstić information content (AvgIpc) is 2.84. The molecule has 2 aromatic rings. The number of carbonyl (C=O) groups excluding carboxylic acids is 1. The van der Waals surface area contributed by atoms with Crippen LogP contribution in [0.2, 0.25) is 5.02 Å². The van der Waals surface area contributed by atoms with Gasteiger partial charge in [-0.15, -0.1) is 0 Å². The highest BCUT2D eigenvalue weighted by molar-refractivity contribution is 8.18. The maximum atomic E-state index is 12.0. The van der Waals surface area contributed by atoms with Gasteiger partial charge in [-0.25, -0.2) is 4.99 Å². The number of halogens is 1. The fourth-order valence-electron chi connectivity index (χ4n) is 2.00. The van der Waals surface area contributed by atoms with Crippen molar-refractivity contribution in [3.8, 4) is 0 Å². The van der Waals surface area contributed by atoms with E-state index in [1.807, 2.05) is 49.4 Å². The maximum absolute atomic E-state index is 12.0. The summed E-state index contributed by atoms with van der Waals surface area (Å²) < 4.78 is 0. The SMILES string of the molecule is Cc1ccccc1/C=C1/SC(=Nc2ccc(Cl)cc2)NC1=O. The normalized spacial score (nSPS) is 18.0. The van der Waals surface area contributed by atoms with Crippen molar-refractivity contribution in [1.29, 1.82) is 0 Å². The van der Waals surface area contributed by atoms with Crippen LogP contribution in [-0.2, 0) is 4.79 Å². The van der Waals surface area contributed by atoms with E-state index in [2.05, 4.69) is 10.3 Å². The first-order valence-electron chi connectivity index (χ1n) is 6.72. The summed E-state index contributed by atoms with van der Waals surface area (Å²) in [5.41, 5.74) is 2.92. The number of thioether (sulfide) groups is 1. The zero-order valence-electron chi connectivity index (χ0n) is 11.8. The van der Waals surface area contributed by atoms with E-state index in [4.69, 9.17) is 11.6 Å². The van der Waals surface area contributed by atoms with Crippen LogP contribution in [0.25, 0.3) is 6.08 Å².